The minimum atomic E-state index is -2.96. The third-order valence-corrected chi connectivity index (χ3v) is 3.75. The summed E-state index contributed by atoms with van der Waals surface area (Å²) in [5.74, 6) is 0.226. The highest BCUT2D eigenvalue weighted by Gasteiger charge is 2.08. The van der Waals surface area contributed by atoms with Crippen LogP contribution in [0.5, 0.6) is 0 Å². The monoisotopic (exact) mass is 215 g/mol. The van der Waals surface area contributed by atoms with Crippen molar-refractivity contribution in [1.82, 2.24) is 4.57 Å². The third-order valence-electron chi connectivity index (χ3n) is 2.07. The van der Waals surface area contributed by atoms with E-state index in [1.165, 1.54) is 0 Å². The molecule has 0 aromatic carbocycles. The predicted molar refractivity (Wildman–Crippen MR) is 54.1 cm³/mol. The summed E-state index contributed by atoms with van der Waals surface area (Å²) in [7, 11) is -2.96. The van der Waals surface area contributed by atoms with Gasteiger partial charge in [-0.1, -0.05) is 6.92 Å². The first-order chi connectivity index (χ1) is 6.59. The summed E-state index contributed by atoms with van der Waals surface area (Å²) in [4.78, 5) is 10.5. The van der Waals surface area contributed by atoms with Crippen molar-refractivity contribution in [3.8, 4) is 0 Å². The van der Waals surface area contributed by atoms with E-state index in [9.17, 15) is 13.2 Å². The molecular formula is C9H13NO3S. The van der Waals surface area contributed by atoms with Crippen LogP contribution in [0, 0.1) is 0 Å². The Morgan fingerprint density at radius 1 is 1.50 bits per heavy atom. The first-order valence-electron chi connectivity index (χ1n) is 4.40. The van der Waals surface area contributed by atoms with E-state index < -0.39 is 9.84 Å². The summed E-state index contributed by atoms with van der Waals surface area (Å²) < 4.78 is 24.0. The lowest BCUT2D eigenvalue weighted by molar-refractivity contribution is 0.111. The Balaban J connectivity index is 2.67. The average Bonchev–Trinajstić information content (AvgIpc) is 2.62. The maximum Gasteiger partial charge on any atom is 0.166 e. The van der Waals surface area contributed by atoms with E-state index in [-0.39, 0.29) is 11.5 Å². The molecule has 1 heterocycles. The molecule has 0 radical (unpaired) electrons. The maximum absolute atomic E-state index is 11.2. The van der Waals surface area contributed by atoms with Crippen molar-refractivity contribution in [2.24, 2.45) is 0 Å². The van der Waals surface area contributed by atoms with Gasteiger partial charge >= 0.3 is 0 Å². The largest absolute Gasteiger partial charge is 0.344 e. The number of hydrogen-bond donors (Lipinski definition) is 0. The van der Waals surface area contributed by atoms with E-state index in [2.05, 4.69) is 0 Å². The van der Waals surface area contributed by atoms with Gasteiger partial charge in [-0.15, -0.1) is 0 Å². The highest BCUT2D eigenvalue weighted by molar-refractivity contribution is 7.91. The van der Waals surface area contributed by atoms with E-state index in [0.29, 0.717) is 12.2 Å². The van der Waals surface area contributed by atoms with Crippen LogP contribution >= 0.6 is 0 Å². The normalized spacial score (nSPS) is 11.5. The predicted octanol–water partition coefficient (Wildman–Crippen LogP) is 0.735. The molecule has 14 heavy (non-hydrogen) atoms. The molecule has 0 aliphatic carbocycles. The Kier molecular flexibility index (Phi) is 3.46. The first-order valence-corrected chi connectivity index (χ1v) is 6.22. The van der Waals surface area contributed by atoms with Gasteiger partial charge in [0, 0.05) is 18.5 Å². The lowest BCUT2D eigenvalue weighted by Crippen LogP contribution is -2.15. The van der Waals surface area contributed by atoms with Crippen LogP contribution in [0.25, 0.3) is 0 Å². The van der Waals surface area contributed by atoms with E-state index in [0.717, 1.165) is 6.29 Å². The Morgan fingerprint density at radius 3 is 2.79 bits per heavy atom. The molecule has 0 atom stereocenters. The SMILES string of the molecule is CCS(=O)(=O)CCn1cccc1C=O. The fourth-order valence-corrected chi connectivity index (χ4v) is 1.88. The van der Waals surface area contributed by atoms with Gasteiger partial charge in [0.2, 0.25) is 0 Å². The summed E-state index contributed by atoms with van der Waals surface area (Å²) in [6, 6.07) is 3.38. The number of carbonyl (C=O) groups excluding carboxylic acids is 1. The van der Waals surface area contributed by atoms with Crippen molar-refractivity contribution >= 4 is 16.1 Å². The zero-order chi connectivity index (χ0) is 10.6. The van der Waals surface area contributed by atoms with Gasteiger partial charge in [0.05, 0.1) is 11.4 Å². The Labute approximate surface area is 83.5 Å². The molecule has 0 saturated carbocycles. The average molecular weight is 215 g/mol. The van der Waals surface area contributed by atoms with Crippen molar-refractivity contribution in [2.45, 2.75) is 13.5 Å². The molecule has 0 spiro atoms. The minimum Gasteiger partial charge on any atom is -0.344 e. The molecule has 1 aromatic rings. The van der Waals surface area contributed by atoms with Crippen LogP contribution in [-0.2, 0) is 16.4 Å². The fourth-order valence-electron chi connectivity index (χ4n) is 1.12. The Hall–Kier alpha value is -1.10. The van der Waals surface area contributed by atoms with Gasteiger partial charge in [-0.3, -0.25) is 4.79 Å². The van der Waals surface area contributed by atoms with Crippen LogP contribution in [-0.4, -0.2) is 30.8 Å². The number of hydrogen-bond acceptors (Lipinski definition) is 3. The number of aromatic nitrogens is 1. The van der Waals surface area contributed by atoms with Gasteiger partial charge in [0.25, 0.3) is 0 Å². The topological polar surface area (TPSA) is 56.1 Å². The number of nitrogens with zero attached hydrogens (tertiary/aromatic N) is 1. The van der Waals surface area contributed by atoms with Crippen molar-refractivity contribution < 1.29 is 13.2 Å². The van der Waals surface area contributed by atoms with Crippen molar-refractivity contribution in [3.63, 3.8) is 0 Å². The zero-order valence-corrected chi connectivity index (χ0v) is 8.83. The van der Waals surface area contributed by atoms with Gasteiger partial charge in [-0.2, -0.15) is 0 Å². The molecule has 0 unspecified atom stereocenters. The maximum atomic E-state index is 11.2. The van der Waals surface area contributed by atoms with E-state index in [4.69, 9.17) is 0 Å². The smallest absolute Gasteiger partial charge is 0.166 e. The molecule has 0 aliphatic rings. The van der Waals surface area contributed by atoms with Gasteiger partial charge in [0.15, 0.2) is 16.1 Å². The Bertz CT molecular complexity index is 405. The van der Waals surface area contributed by atoms with Crippen LogP contribution in [0.4, 0.5) is 0 Å². The first kappa shape index (κ1) is 11.0. The molecule has 78 valence electrons. The van der Waals surface area contributed by atoms with Crippen LogP contribution in [0.15, 0.2) is 18.3 Å². The van der Waals surface area contributed by atoms with Crippen LogP contribution in [0.1, 0.15) is 17.4 Å². The number of sulfone groups is 1. The molecule has 0 amide bonds. The standard InChI is InChI=1S/C9H13NO3S/c1-2-14(12,13)7-6-10-5-3-4-9(10)8-11/h3-5,8H,2,6-7H2,1H3. The third kappa shape index (κ3) is 2.70. The van der Waals surface area contributed by atoms with Crippen molar-refractivity contribution in [1.29, 1.82) is 0 Å². The van der Waals surface area contributed by atoms with Gasteiger partial charge in [-0.05, 0) is 12.1 Å². The number of carbonyl (C=O) groups is 1. The second-order valence-electron chi connectivity index (χ2n) is 2.98. The Morgan fingerprint density at radius 2 is 2.21 bits per heavy atom. The zero-order valence-electron chi connectivity index (χ0n) is 8.01. The lowest BCUT2D eigenvalue weighted by Gasteiger charge is -2.04. The fraction of sp³-hybridized carbons (Fsp3) is 0.444. The van der Waals surface area contributed by atoms with E-state index >= 15 is 0 Å². The molecule has 0 N–H and O–H groups in total. The molecular weight excluding hydrogens is 202 g/mol. The van der Waals surface area contributed by atoms with Crippen LogP contribution in [0.2, 0.25) is 0 Å². The summed E-state index contributed by atoms with van der Waals surface area (Å²) in [5.41, 5.74) is 0.510. The molecule has 5 heteroatoms. The second kappa shape index (κ2) is 4.41. The summed E-state index contributed by atoms with van der Waals surface area (Å²) in [5, 5.41) is 0. The number of aryl methyl sites for hydroxylation is 1. The molecule has 1 aromatic heterocycles. The minimum absolute atomic E-state index is 0.0824. The molecule has 0 aliphatic heterocycles. The van der Waals surface area contributed by atoms with Gasteiger partial charge in [-0.25, -0.2) is 8.42 Å². The highest BCUT2D eigenvalue weighted by Crippen LogP contribution is 2.00. The molecule has 0 saturated heterocycles. The molecule has 4 nitrogen and oxygen atoms in total. The van der Waals surface area contributed by atoms with Crippen molar-refractivity contribution in [3.05, 3.63) is 24.0 Å². The van der Waals surface area contributed by atoms with Crippen molar-refractivity contribution in [2.75, 3.05) is 11.5 Å². The summed E-state index contributed by atoms with van der Waals surface area (Å²) >= 11 is 0. The summed E-state index contributed by atoms with van der Waals surface area (Å²) in [6.45, 7) is 1.96. The number of rotatable bonds is 5. The van der Waals surface area contributed by atoms with Gasteiger partial charge < -0.3 is 4.57 Å². The highest BCUT2D eigenvalue weighted by atomic mass is 32.2. The van der Waals surface area contributed by atoms with Crippen LogP contribution in [0.3, 0.4) is 0 Å². The van der Waals surface area contributed by atoms with E-state index in [1.54, 1.807) is 29.8 Å². The molecule has 0 bridgehead atoms. The lowest BCUT2D eigenvalue weighted by atomic mass is 10.5. The quantitative estimate of drug-likeness (QED) is 0.680. The van der Waals surface area contributed by atoms with Crippen LogP contribution < -0.4 is 0 Å². The molecule has 0 fully saturated rings. The molecule has 1 rings (SSSR count). The second-order valence-corrected chi connectivity index (χ2v) is 5.45. The van der Waals surface area contributed by atoms with Gasteiger partial charge in [0.1, 0.15) is 0 Å². The number of aldehydes is 1. The summed E-state index contributed by atoms with van der Waals surface area (Å²) in [6.07, 6.45) is 2.42. The van der Waals surface area contributed by atoms with E-state index in [1.807, 2.05) is 0 Å².